The smallest absolute Gasteiger partial charge is 0.374 e. The van der Waals surface area contributed by atoms with Crippen molar-refractivity contribution < 1.29 is 13.9 Å². The van der Waals surface area contributed by atoms with E-state index in [4.69, 9.17) is 10.2 Å². The van der Waals surface area contributed by atoms with Crippen LogP contribution >= 0.6 is 11.8 Å². The van der Waals surface area contributed by atoms with Gasteiger partial charge >= 0.3 is 5.97 Å². The van der Waals surface area contributed by atoms with Crippen LogP contribution in [0.15, 0.2) is 10.5 Å². The fraction of sp³-hybridized carbons (Fsp3) is 0.545. The SMILES string of the molecule is COC(=O)c1oc(CSCC(C)N)cc1C. The highest BCUT2D eigenvalue weighted by Gasteiger charge is 2.15. The summed E-state index contributed by atoms with van der Waals surface area (Å²) >= 11 is 1.68. The van der Waals surface area contributed by atoms with Gasteiger partial charge in [0.15, 0.2) is 0 Å². The van der Waals surface area contributed by atoms with E-state index in [0.29, 0.717) is 5.76 Å². The maximum Gasteiger partial charge on any atom is 0.374 e. The summed E-state index contributed by atoms with van der Waals surface area (Å²) in [6.07, 6.45) is 0. The molecule has 90 valence electrons. The van der Waals surface area contributed by atoms with E-state index in [1.54, 1.807) is 11.8 Å². The minimum Gasteiger partial charge on any atom is -0.463 e. The number of nitrogens with two attached hydrogens (primary N) is 1. The van der Waals surface area contributed by atoms with Crippen LogP contribution in [0.2, 0.25) is 0 Å². The van der Waals surface area contributed by atoms with Crippen LogP contribution < -0.4 is 5.73 Å². The molecule has 1 aromatic rings. The van der Waals surface area contributed by atoms with Gasteiger partial charge in [0.05, 0.1) is 12.9 Å². The molecule has 0 aliphatic rings. The third-order valence-corrected chi connectivity index (χ3v) is 3.21. The van der Waals surface area contributed by atoms with Gasteiger partial charge in [-0.05, 0) is 19.9 Å². The molecule has 0 aliphatic heterocycles. The average Bonchev–Trinajstić information content (AvgIpc) is 2.58. The number of hydrogen-bond donors (Lipinski definition) is 1. The van der Waals surface area contributed by atoms with Crippen molar-refractivity contribution >= 4 is 17.7 Å². The Morgan fingerprint density at radius 3 is 2.94 bits per heavy atom. The molecule has 5 heteroatoms. The van der Waals surface area contributed by atoms with E-state index in [9.17, 15) is 4.79 Å². The van der Waals surface area contributed by atoms with E-state index in [-0.39, 0.29) is 6.04 Å². The summed E-state index contributed by atoms with van der Waals surface area (Å²) < 4.78 is 10.0. The quantitative estimate of drug-likeness (QED) is 0.801. The van der Waals surface area contributed by atoms with E-state index in [0.717, 1.165) is 22.8 Å². The molecule has 1 unspecified atom stereocenters. The van der Waals surface area contributed by atoms with Gasteiger partial charge in [-0.2, -0.15) is 11.8 Å². The third-order valence-electron chi connectivity index (χ3n) is 1.96. The number of carbonyl (C=O) groups excluding carboxylic acids is 1. The normalized spacial score (nSPS) is 12.5. The highest BCUT2D eigenvalue weighted by molar-refractivity contribution is 7.98. The first-order valence-corrected chi connectivity index (χ1v) is 6.21. The van der Waals surface area contributed by atoms with Crippen LogP contribution in [0.5, 0.6) is 0 Å². The average molecular weight is 243 g/mol. The summed E-state index contributed by atoms with van der Waals surface area (Å²) in [6, 6.07) is 2.03. The summed E-state index contributed by atoms with van der Waals surface area (Å²) in [7, 11) is 1.34. The van der Waals surface area contributed by atoms with Crippen LogP contribution in [0.4, 0.5) is 0 Å². The molecule has 0 aromatic carbocycles. The standard InChI is InChI=1S/C11H17NO3S/c1-7-4-9(6-16-5-8(2)12)15-10(7)11(13)14-3/h4,8H,5-6,12H2,1-3H3. The molecule has 16 heavy (non-hydrogen) atoms. The molecule has 1 heterocycles. The van der Waals surface area contributed by atoms with Gasteiger partial charge in [0.2, 0.25) is 5.76 Å². The molecule has 2 N–H and O–H groups in total. The number of esters is 1. The Hall–Kier alpha value is -0.940. The number of ether oxygens (including phenoxy) is 1. The van der Waals surface area contributed by atoms with Crippen LogP contribution in [0.25, 0.3) is 0 Å². The van der Waals surface area contributed by atoms with Crippen LogP contribution in [0.1, 0.15) is 28.8 Å². The van der Waals surface area contributed by atoms with Crippen LogP contribution in [-0.4, -0.2) is 24.9 Å². The Bertz CT molecular complexity index is 360. The lowest BCUT2D eigenvalue weighted by Crippen LogP contribution is -2.17. The summed E-state index contributed by atoms with van der Waals surface area (Å²) in [5, 5.41) is 0. The van der Waals surface area contributed by atoms with Crippen molar-refractivity contribution in [2.45, 2.75) is 25.6 Å². The van der Waals surface area contributed by atoms with Crippen molar-refractivity contribution in [2.24, 2.45) is 5.73 Å². The summed E-state index contributed by atoms with van der Waals surface area (Å²) in [4.78, 5) is 11.3. The first-order chi connectivity index (χ1) is 7.54. The zero-order valence-corrected chi connectivity index (χ0v) is 10.6. The molecule has 0 fully saturated rings. The molecule has 0 radical (unpaired) electrons. The Labute approximate surface area is 99.5 Å². The molecular formula is C11H17NO3S. The van der Waals surface area contributed by atoms with Gasteiger partial charge in [0.1, 0.15) is 5.76 Å². The van der Waals surface area contributed by atoms with Crippen LogP contribution in [0.3, 0.4) is 0 Å². The van der Waals surface area contributed by atoms with Gasteiger partial charge < -0.3 is 14.9 Å². The number of thioether (sulfide) groups is 1. The topological polar surface area (TPSA) is 65.5 Å². The maximum atomic E-state index is 11.3. The number of carbonyl (C=O) groups is 1. The number of methoxy groups -OCH3 is 1. The molecule has 0 spiro atoms. The largest absolute Gasteiger partial charge is 0.463 e. The summed E-state index contributed by atoms with van der Waals surface area (Å²) in [5.41, 5.74) is 6.44. The van der Waals surface area contributed by atoms with Crippen molar-refractivity contribution in [1.82, 2.24) is 0 Å². The van der Waals surface area contributed by atoms with Gasteiger partial charge in [-0.3, -0.25) is 0 Å². The Kier molecular flexibility index (Phi) is 4.89. The Morgan fingerprint density at radius 1 is 1.69 bits per heavy atom. The second kappa shape index (κ2) is 5.96. The maximum absolute atomic E-state index is 11.3. The van der Waals surface area contributed by atoms with E-state index in [1.165, 1.54) is 7.11 Å². The highest BCUT2D eigenvalue weighted by Crippen LogP contribution is 2.20. The van der Waals surface area contributed by atoms with E-state index in [2.05, 4.69) is 4.74 Å². The molecule has 1 aromatic heterocycles. The van der Waals surface area contributed by atoms with E-state index in [1.807, 2.05) is 19.9 Å². The van der Waals surface area contributed by atoms with Crippen molar-refractivity contribution in [3.63, 3.8) is 0 Å². The van der Waals surface area contributed by atoms with E-state index < -0.39 is 5.97 Å². The van der Waals surface area contributed by atoms with Crippen molar-refractivity contribution in [3.8, 4) is 0 Å². The first kappa shape index (κ1) is 13.1. The van der Waals surface area contributed by atoms with Gasteiger partial charge in [0, 0.05) is 17.4 Å². The predicted octanol–water partition coefficient (Wildman–Crippen LogP) is 1.96. The molecule has 0 amide bonds. The molecule has 1 rings (SSSR count). The molecule has 0 aliphatic carbocycles. The Balaban J connectivity index is 2.59. The molecule has 0 bridgehead atoms. The minimum atomic E-state index is -0.430. The van der Waals surface area contributed by atoms with Crippen molar-refractivity contribution in [3.05, 3.63) is 23.2 Å². The van der Waals surface area contributed by atoms with Crippen LogP contribution in [-0.2, 0) is 10.5 Å². The lowest BCUT2D eigenvalue weighted by atomic mass is 10.3. The molecular weight excluding hydrogens is 226 g/mol. The van der Waals surface area contributed by atoms with Gasteiger partial charge in [-0.25, -0.2) is 4.79 Å². The van der Waals surface area contributed by atoms with Crippen molar-refractivity contribution in [2.75, 3.05) is 12.9 Å². The fourth-order valence-corrected chi connectivity index (χ4v) is 2.09. The fourth-order valence-electron chi connectivity index (χ4n) is 1.26. The van der Waals surface area contributed by atoms with Gasteiger partial charge in [0.25, 0.3) is 0 Å². The first-order valence-electron chi connectivity index (χ1n) is 5.05. The third kappa shape index (κ3) is 3.57. The summed E-state index contributed by atoms with van der Waals surface area (Å²) in [6.45, 7) is 3.79. The zero-order chi connectivity index (χ0) is 12.1. The molecule has 1 atom stereocenters. The molecule has 0 saturated heterocycles. The van der Waals surface area contributed by atoms with Crippen LogP contribution in [0, 0.1) is 6.92 Å². The lowest BCUT2D eigenvalue weighted by Gasteiger charge is -2.02. The van der Waals surface area contributed by atoms with E-state index >= 15 is 0 Å². The second-order valence-electron chi connectivity index (χ2n) is 3.71. The Morgan fingerprint density at radius 2 is 2.38 bits per heavy atom. The predicted molar refractivity (Wildman–Crippen MR) is 64.6 cm³/mol. The number of hydrogen-bond acceptors (Lipinski definition) is 5. The van der Waals surface area contributed by atoms with Gasteiger partial charge in [-0.1, -0.05) is 0 Å². The molecule has 4 nitrogen and oxygen atoms in total. The monoisotopic (exact) mass is 243 g/mol. The number of rotatable bonds is 5. The lowest BCUT2D eigenvalue weighted by molar-refractivity contribution is 0.0562. The minimum absolute atomic E-state index is 0.168. The zero-order valence-electron chi connectivity index (χ0n) is 9.78. The number of aryl methyl sites for hydroxylation is 1. The number of furan rings is 1. The van der Waals surface area contributed by atoms with Gasteiger partial charge in [-0.15, -0.1) is 0 Å². The summed E-state index contributed by atoms with van der Waals surface area (Å²) in [5.74, 6) is 2.23. The molecule has 0 saturated carbocycles. The highest BCUT2D eigenvalue weighted by atomic mass is 32.2. The van der Waals surface area contributed by atoms with Crippen molar-refractivity contribution in [1.29, 1.82) is 0 Å². The second-order valence-corrected chi connectivity index (χ2v) is 4.74.